The van der Waals surface area contributed by atoms with E-state index in [9.17, 15) is 19.5 Å². The molecule has 0 bridgehead atoms. The number of allylic oxidation sites excluding steroid dienone is 12. The van der Waals surface area contributed by atoms with Crippen LogP contribution in [-0.4, -0.2) is 75.5 Å². The van der Waals surface area contributed by atoms with Gasteiger partial charge in [0.1, 0.15) is 12.6 Å². The lowest BCUT2D eigenvalue weighted by atomic mass is 10.1. The predicted octanol–water partition coefficient (Wildman–Crippen LogP) is 10.6. The number of aliphatic carboxylic acids is 1. The van der Waals surface area contributed by atoms with Gasteiger partial charge >= 0.3 is 11.9 Å². The standard InChI is InChI=1S/C48H81NO7/c1-6-8-10-12-14-16-18-20-22-23-24-25-27-29-31-33-35-37-39-47(51)56-44(42-54-41-40-45(48(52)53)49(3,4)5)43-55-46(50)38-36-34-32-30-28-26-21-19-17-15-13-11-9-7-2/h10,12,14,16,18,20,22-26,28,44-45H,6-9,11,13,15,17,19,21,27,29-43H2,1-5H3/b12-10+,16-14+,20-18+,23-22+,25-24+,28-26+. The largest absolute Gasteiger partial charge is 0.544 e. The molecule has 0 rings (SSSR count). The van der Waals surface area contributed by atoms with E-state index < -0.39 is 18.1 Å². The summed E-state index contributed by atoms with van der Waals surface area (Å²) in [5.41, 5.74) is 0. The fourth-order valence-corrected chi connectivity index (χ4v) is 5.98. The van der Waals surface area contributed by atoms with Gasteiger partial charge in [0.25, 0.3) is 0 Å². The van der Waals surface area contributed by atoms with E-state index in [-0.39, 0.29) is 49.1 Å². The zero-order valence-electron chi connectivity index (χ0n) is 36.3. The summed E-state index contributed by atoms with van der Waals surface area (Å²) >= 11 is 0. The molecular formula is C48H81NO7. The van der Waals surface area contributed by atoms with Crippen LogP contribution in [-0.2, 0) is 28.6 Å². The summed E-state index contributed by atoms with van der Waals surface area (Å²) in [5.74, 6) is -1.80. The molecule has 2 atom stereocenters. The van der Waals surface area contributed by atoms with Gasteiger partial charge in [0, 0.05) is 19.3 Å². The van der Waals surface area contributed by atoms with Crippen LogP contribution in [0.3, 0.4) is 0 Å². The third kappa shape index (κ3) is 36.4. The molecule has 0 saturated carbocycles. The number of rotatable bonds is 38. The minimum Gasteiger partial charge on any atom is -0.544 e. The molecule has 0 radical (unpaired) electrons. The lowest BCUT2D eigenvalue weighted by Gasteiger charge is -2.34. The molecule has 0 aromatic heterocycles. The van der Waals surface area contributed by atoms with Crippen LogP contribution in [0, 0.1) is 0 Å². The van der Waals surface area contributed by atoms with Crippen molar-refractivity contribution in [2.75, 3.05) is 41.0 Å². The van der Waals surface area contributed by atoms with Crippen molar-refractivity contribution in [3.8, 4) is 0 Å². The summed E-state index contributed by atoms with van der Waals surface area (Å²) in [7, 11) is 5.38. The van der Waals surface area contributed by atoms with E-state index in [0.29, 0.717) is 6.42 Å². The van der Waals surface area contributed by atoms with Gasteiger partial charge in [-0.25, -0.2) is 0 Å². The monoisotopic (exact) mass is 784 g/mol. The van der Waals surface area contributed by atoms with Gasteiger partial charge < -0.3 is 28.6 Å². The molecule has 0 N–H and O–H groups in total. The molecule has 2 unspecified atom stereocenters. The number of unbranched alkanes of at least 4 members (excludes halogenated alkanes) is 16. The van der Waals surface area contributed by atoms with Gasteiger partial charge in [-0.15, -0.1) is 0 Å². The Morgan fingerprint density at radius 2 is 1.00 bits per heavy atom. The molecule has 0 aromatic rings. The molecule has 0 saturated heterocycles. The zero-order chi connectivity index (χ0) is 41.4. The molecular weight excluding hydrogens is 703 g/mol. The summed E-state index contributed by atoms with van der Waals surface area (Å²) in [6, 6.07) is -0.736. The zero-order valence-corrected chi connectivity index (χ0v) is 36.3. The highest BCUT2D eigenvalue weighted by molar-refractivity contribution is 5.70. The molecule has 0 aliphatic heterocycles. The maximum absolute atomic E-state index is 12.7. The number of ether oxygens (including phenoxy) is 3. The fraction of sp³-hybridized carbons (Fsp3) is 0.688. The van der Waals surface area contributed by atoms with E-state index in [4.69, 9.17) is 14.2 Å². The van der Waals surface area contributed by atoms with E-state index in [1.54, 1.807) is 21.1 Å². The van der Waals surface area contributed by atoms with Crippen LogP contribution in [0.15, 0.2) is 72.9 Å². The SMILES string of the molecule is CCC/C=C/C=C/C=C/C=C/C=C/CCCCCCCC(=O)OC(COCCC(C(=O)[O-])[N+](C)(C)C)COC(=O)CCCCC/C=C/CCCCCCCCC. The molecule has 0 aliphatic carbocycles. The van der Waals surface area contributed by atoms with Crippen LogP contribution in [0.2, 0.25) is 0 Å². The quantitative estimate of drug-likeness (QED) is 0.0202. The van der Waals surface area contributed by atoms with Crippen LogP contribution in [0.5, 0.6) is 0 Å². The van der Waals surface area contributed by atoms with Gasteiger partial charge in [-0.1, -0.05) is 157 Å². The van der Waals surface area contributed by atoms with Crippen molar-refractivity contribution in [3.05, 3.63) is 72.9 Å². The molecule has 8 heteroatoms. The lowest BCUT2D eigenvalue weighted by molar-refractivity contribution is -0.889. The maximum Gasteiger partial charge on any atom is 0.306 e. The second-order valence-electron chi connectivity index (χ2n) is 15.7. The first-order chi connectivity index (χ1) is 27.1. The summed E-state index contributed by atoms with van der Waals surface area (Å²) < 4.78 is 17.1. The van der Waals surface area contributed by atoms with Gasteiger partial charge in [-0.05, 0) is 57.8 Å². The second kappa shape index (κ2) is 38.6. The number of hydrogen-bond donors (Lipinski definition) is 0. The second-order valence-corrected chi connectivity index (χ2v) is 15.7. The van der Waals surface area contributed by atoms with Gasteiger partial charge in [0.05, 0.1) is 40.3 Å². The Kier molecular flexibility index (Phi) is 36.4. The topological polar surface area (TPSA) is 102 Å². The predicted molar refractivity (Wildman–Crippen MR) is 231 cm³/mol. The van der Waals surface area contributed by atoms with Crippen molar-refractivity contribution in [1.82, 2.24) is 0 Å². The maximum atomic E-state index is 12.7. The van der Waals surface area contributed by atoms with E-state index in [1.807, 2.05) is 36.5 Å². The highest BCUT2D eigenvalue weighted by atomic mass is 16.6. The van der Waals surface area contributed by atoms with Crippen molar-refractivity contribution in [3.63, 3.8) is 0 Å². The average molecular weight is 784 g/mol. The molecule has 0 aromatic carbocycles. The lowest BCUT2D eigenvalue weighted by Crippen LogP contribution is -2.55. The minimum absolute atomic E-state index is 0.0217. The number of carboxylic acid groups (broad SMARTS) is 1. The summed E-state index contributed by atoms with van der Waals surface area (Å²) in [5, 5.41) is 11.6. The number of esters is 2. The van der Waals surface area contributed by atoms with Gasteiger partial charge in [-0.2, -0.15) is 0 Å². The van der Waals surface area contributed by atoms with Crippen LogP contribution >= 0.6 is 0 Å². The number of likely N-dealkylation sites (N-methyl/N-ethyl adjacent to an activating group) is 1. The Morgan fingerprint density at radius 3 is 1.54 bits per heavy atom. The Balaban J connectivity index is 4.45. The first kappa shape index (κ1) is 52.8. The van der Waals surface area contributed by atoms with Crippen molar-refractivity contribution in [2.24, 2.45) is 0 Å². The van der Waals surface area contributed by atoms with Gasteiger partial charge in [0.15, 0.2) is 6.10 Å². The number of hydrogen-bond acceptors (Lipinski definition) is 7. The smallest absolute Gasteiger partial charge is 0.306 e. The van der Waals surface area contributed by atoms with E-state index in [1.165, 1.54) is 51.4 Å². The summed E-state index contributed by atoms with van der Waals surface area (Å²) in [6.45, 7) is 4.51. The van der Waals surface area contributed by atoms with Crippen LogP contribution < -0.4 is 5.11 Å². The van der Waals surface area contributed by atoms with Crippen LogP contribution in [0.25, 0.3) is 0 Å². The Morgan fingerprint density at radius 1 is 0.536 bits per heavy atom. The van der Waals surface area contributed by atoms with Crippen molar-refractivity contribution < 1.29 is 38.2 Å². The number of quaternary nitrogens is 1. The first-order valence-corrected chi connectivity index (χ1v) is 22.0. The Labute approximate surface area is 342 Å². The molecule has 0 spiro atoms. The van der Waals surface area contributed by atoms with Crippen molar-refractivity contribution >= 4 is 17.9 Å². The molecule has 0 heterocycles. The van der Waals surface area contributed by atoms with E-state index >= 15 is 0 Å². The van der Waals surface area contributed by atoms with E-state index in [0.717, 1.165) is 77.0 Å². The Hall–Kier alpha value is -3.23. The molecule has 8 nitrogen and oxygen atoms in total. The molecule has 0 fully saturated rings. The molecule has 0 aliphatic rings. The number of carbonyl (C=O) groups is 3. The van der Waals surface area contributed by atoms with Gasteiger partial charge in [0.2, 0.25) is 0 Å². The highest BCUT2D eigenvalue weighted by Crippen LogP contribution is 2.13. The highest BCUT2D eigenvalue weighted by Gasteiger charge is 2.25. The first-order valence-electron chi connectivity index (χ1n) is 22.0. The molecule has 0 amide bonds. The molecule has 56 heavy (non-hydrogen) atoms. The third-order valence-electron chi connectivity index (χ3n) is 9.42. The average Bonchev–Trinajstić information content (AvgIpc) is 3.15. The summed E-state index contributed by atoms with van der Waals surface area (Å²) in [6.07, 6.45) is 47.7. The molecule has 320 valence electrons. The van der Waals surface area contributed by atoms with Gasteiger partial charge in [-0.3, -0.25) is 9.59 Å². The number of nitrogens with zero attached hydrogens (tertiary/aromatic N) is 1. The normalized spacial score (nSPS) is 13.7. The number of carboxylic acids is 1. The van der Waals surface area contributed by atoms with E-state index in [2.05, 4.69) is 50.3 Å². The van der Waals surface area contributed by atoms with Crippen molar-refractivity contribution in [2.45, 2.75) is 174 Å². The minimum atomic E-state index is -1.13. The van der Waals surface area contributed by atoms with Crippen LogP contribution in [0.1, 0.15) is 162 Å². The van der Waals surface area contributed by atoms with Crippen molar-refractivity contribution in [1.29, 1.82) is 0 Å². The van der Waals surface area contributed by atoms with Crippen LogP contribution in [0.4, 0.5) is 0 Å². The fourth-order valence-electron chi connectivity index (χ4n) is 5.98. The third-order valence-corrected chi connectivity index (χ3v) is 9.42. The number of carbonyl (C=O) groups excluding carboxylic acids is 3. The summed E-state index contributed by atoms with van der Waals surface area (Å²) in [4.78, 5) is 36.8. The Bertz CT molecular complexity index is 1140.